The maximum absolute atomic E-state index is 13.0. The standard InChI is InChI=1S/C16H18F2N4OS2/c1-8(2)22-14(23)12-9(3)10(4)25-13(12)20-16(22)24-7-11-19-5-6-21(11)15(17)18/h5-6,8,15H,7H2,1-4H3. The molecule has 0 unspecified atom stereocenters. The highest BCUT2D eigenvalue weighted by Crippen LogP contribution is 2.30. The fourth-order valence-electron chi connectivity index (χ4n) is 2.61. The highest BCUT2D eigenvalue weighted by molar-refractivity contribution is 7.98. The predicted molar refractivity (Wildman–Crippen MR) is 96.8 cm³/mol. The van der Waals surface area contributed by atoms with E-state index in [-0.39, 0.29) is 23.2 Å². The molecule has 0 aliphatic carbocycles. The van der Waals surface area contributed by atoms with E-state index in [0.29, 0.717) is 15.4 Å². The first-order chi connectivity index (χ1) is 11.8. The van der Waals surface area contributed by atoms with E-state index in [4.69, 9.17) is 0 Å². The maximum Gasteiger partial charge on any atom is 0.319 e. The predicted octanol–water partition coefficient (Wildman–Crippen LogP) is 4.54. The Morgan fingerprint density at radius 3 is 2.68 bits per heavy atom. The number of aryl methyl sites for hydroxylation is 2. The molecule has 0 aliphatic rings. The van der Waals surface area contributed by atoms with E-state index in [9.17, 15) is 13.6 Å². The van der Waals surface area contributed by atoms with E-state index < -0.39 is 6.55 Å². The zero-order valence-corrected chi connectivity index (χ0v) is 15.9. The van der Waals surface area contributed by atoms with E-state index in [2.05, 4.69) is 9.97 Å². The van der Waals surface area contributed by atoms with Crippen molar-refractivity contribution in [3.05, 3.63) is 39.0 Å². The van der Waals surface area contributed by atoms with Crippen molar-refractivity contribution in [1.29, 1.82) is 0 Å². The fraction of sp³-hybridized carbons (Fsp3) is 0.438. The first kappa shape index (κ1) is 18.1. The molecule has 0 saturated heterocycles. The van der Waals surface area contributed by atoms with Crippen LogP contribution in [0.25, 0.3) is 10.2 Å². The third-order valence-electron chi connectivity index (χ3n) is 4.01. The molecular weight excluding hydrogens is 366 g/mol. The van der Waals surface area contributed by atoms with E-state index in [1.165, 1.54) is 35.5 Å². The second kappa shape index (κ2) is 6.87. The molecule has 0 saturated carbocycles. The molecule has 3 rings (SSSR count). The van der Waals surface area contributed by atoms with Crippen molar-refractivity contribution >= 4 is 33.3 Å². The van der Waals surface area contributed by atoms with Crippen molar-refractivity contribution in [2.24, 2.45) is 0 Å². The Hall–Kier alpha value is -1.74. The molecule has 0 aliphatic heterocycles. The quantitative estimate of drug-likeness (QED) is 0.479. The normalized spacial score (nSPS) is 12.0. The number of fused-ring (bicyclic) bond motifs is 1. The Morgan fingerprint density at radius 2 is 2.04 bits per heavy atom. The van der Waals surface area contributed by atoms with Gasteiger partial charge in [-0.05, 0) is 33.3 Å². The minimum atomic E-state index is -2.64. The fourth-order valence-corrected chi connectivity index (χ4v) is 4.76. The van der Waals surface area contributed by atoms with Crippen LogP contribution >= 0.6 is 23.1 Å². The minimum absolute atomic E-state index is 0.0819. The van der Waals surface area contributed by atoms with Crippen LogP contribution in [0.3, 0.4) is 0 Å². The van der Waals surface area contributed by atoms with Gasteiger partial charge in [0.15, 0.2) is 5.16 Å². The zero-order valence-electron chi connectivity index (χ0n) is 14.3. The van der Waals surface area contributed by atoms with E-state index >= 15 is 0 Å². The van der Waals surface area contributed by atoms with Gasteiger partial charge in [0, 0.05) is 23.3 Å². The maximum atomic E-state index is 13.0. The third kappa shape index (κ3) is 3.22. The summed E-state index contributed by atoms with van der Waals surface area (Å²) in [5.74, 6) is 0.467. The van der Waals surface area contributed by atoms with Gasteiger partial charge >= 0.3 is 6.55 Å². The van der Waals surface area contributed by atoms with Crippen LogP contribution in [0.4, 0.5) is 8.78 Å². The Kier molecular flexibility index (Phi) is 4.97. The lowest BCUT2D eigenvalue weighted by atomic mass is 10.2. The molecule has 3 aromatic rings. The van der Waals surface area contributed by atoms with Gasteiger partial charge in [-0.3, -0.25) is 13.9 Å². The number of hydrogen-bond acceptors (Lipinski definition) is 5. The summed E-state index contributed by atoms with van der Waals surface area (Å²) >= 11 is 2.73. The summed E-state index contributed by atoms with van der Waals surface area (Å²) in [5.41, 5.74) is 0.873. The average molecular weight is 384 g/mol. The molecule has 3 aromatic heterocycles. The molecule has 0 atom stereocenters. The second-order valence-electron chi connectivity index (χ2n) is 5.94. The third-order valence-corrected chi connectivity index (χ3v) is 6.06. The Bertz CT molecular complexity index is 975. The van der Waals surface area contributed by atoms with Crippen molar-refractivity contribution in [1.82, 2.24) is 19.1 Å². The number of hydrogen-bond donors (Lipinski definition) is 0. The Morgan fingerprint density at radius 1 is 1.32 bits per heavy atom. The number of rotatable bonds is 5. The summed E-state index contributed by atoms with van der Waals surface area (Å²) in [6.45, 7) is 5.08. The van der Waals surface area contributed by atoms with Crippen molar-refractivity contribution in [2.75, 3.05) is 0 Å². The molecule has 0 spiro atoms. The number of aromatic nitrogens is 4. The lowest BCUT2D eigenvalue weighted by Crippen LogP contribution is -2.25. The van der Waals surface area contributed by atoms with Crippen LogP contribution in [0.2, 0.25) is 0 Å². The van der Waals surface area contributed by atoms with Crippen LogP contribution in [0.15, 0.2) is 22.3 Å². The van der Waals surface area contributed by atoms with Crippen LogP contribution in [0.1, 0.15) is 42.7 Å². The lowest BCUT2D eigenvalue weighted by Gasteiger charge is -2.15. The molecule has 0 amide bonds. The highest BCUT2D eigenvalue weighted by atomic mass is 32.2. The largest absolute Gasteiger partial charge is 0.319 e. The van der Waals surface area contributed by atoms with Crippen molar-refractivity contribution in [3.8, 4) is 0 Å². The summed E-state index contributed by atoms with van der Waals surface area (Å²) in [7, 11) is 0. The molecule has 0 radical (unpaired) electrons. The van der Waals surface area contributed by atoms with Crippen molar-refractivity contribution in [2.45, 2.75) is 51.2 Å². The van der Waals surface area contributed by atoms with Gasteiger partial charge in [-0.15, -0.1) is 11.3 Å². The summed E-state index contributed by atoms with van der Waals surface area (Å²) in [4.78, 5) is 23.3. The Labute approximate surface area is 151 Å². The van der Waals surface area contributed by atoms with Crippen LogP contribution in [0.5, 0.6) is 0 Å². The number of alkyl halides is 2. The van der Waals surface area contributed by atoms with E-state index in [0.717, 1.165) is 15.0 Å². The van der Waals surface area contributed by atoms with Crippen LogP contribution in [-0.2, 0) is 5.75 Å². The van der Waals surface area contributed by atoms with Gasteiger partial charge in [0.2, 0.25) is 0 Å². The monoisotopic (exact) mass is 384 g/mol. The summed E-state index contributed by atoms with van der Waals surface area (Å²) in [6, 6.07) is -0.0821. The SMILES string of the molecule is Cc1sc2nc(SCc3nccn3C(F)F)n(C(C)C)c(=O)c2c1C. The molecule has 0 N–H and O–H groups in total. The number of halogens is 2. The lowest BCUT2D eigenvalue weighted by molar-refractivity contribution is 0.0678. The smallest absolute Gasteiger partial charge is 0.284 e. The molecule has 3 heterocycles. The number of imidazole rings is 1. The van der Waals surface area contributed by atoms with Gasteiger partial charge in [-0.1, -0.05) is 11.8 Å². The average Bonchev–Trinajstić information content (AvgIpc) is 3.10. The summed E-state index contributed by atoms with van der Waals surface area (Å²) in [6.07, 6.45) is 2.60. The number of thiophene rings is 1. The Balaban J connectivity index is 2.05. The summed E-state index contributed by atoms with van der Waals surface area (Å²) < 4.78 is 28.4. The number of nitrogens with zero attached hydrogens (tertiary/aromatic N) is 4. The molecule has 5 nitrogen and oxygen atoms in total. The molecule has 0 bridgehead atoms. The van der Waals surface area contributed by atoms with E-state index in [1.54, 1.807) is 4.57 Å². The van der Waals surface area contributed by atoms with E-state index in [1.807, 2.05) is 27.7 Å². The van der Waals surface area contributed by atoms with Gasteiger partial charge in [-0.25, -0.2) is 9.97 Å². The zero-order chi connectivity index (χ0) is 18.3. The first-order valence-corrected chi connectivity index (χ1v) is 9.56. The molecular formula is C16H18F2N4OS2. The topological polar surface area (TPSA) is 52.7 Å². The molecule has 134 valence electrons. The van der Waals surface area contributed by atoms with Gasteiger partial charge in [-0.2, -0.15) is 8.78 Å². The summed E-state index contributed by atoms with van der Waals surface area (Å²) in [5, 5.41) is 1.17. The van der Waals surface area contributed by atoms with Crippen molar-refractivity contribution in [3.63, 3.8) is 0 Å². The van der Waals surface area contributed by atoms with Crippen LogP contribution in [0, 0.1) is 13.8 Å². The van der Waals surface area contributed by atoms with Gasteiger partial charge < -0.3 is 0 Å². The van der Waals surface area contributed by atoms with Gasteiger partial charge in [0.25, 0.3) is 5.56 Å². The molecule has 9 heteroatoms. The van der Waals surface area contributed by atoms with Crippen molar-refractivity contribution < 1.29 is 8.78 Å². The first-order valence-electron chi connectivity index (χ1n) is 7.76. The molecule has 0 aromatic carbocycles. The number of thioether (sulfide) groups is 1. The molecule has 0 fully saturated rings. The van der Waals surface area contributed by atoms with Crippen LogP contribution in [-0.4, -0.2) is 19.1 Å². The molecule has 25 heavy (non-hydrogen) atoms. The second-order valence-corrected chi connectivity index (χ2v) is 8.09. The minimum Gasteiger partial charge on any atom is -0.284 e. The van der Waals surface area contributed by atoms with Gasteiger partial charge in [0.1, 0.15) is 10.7 Å². The van der Waals surface area contributed by atoms with Gasteiger partial charge in [0.05, 0.1) is 11.1 Å². The van der Waals surface area contributed by atoms with Crippen LogP contribution < -0.4 is 5.56 Å². The highest BCUT2D eigenvalue weighted by Gasteiger charge is 2.19.